The number of nitrogens with one attached hydrogen (secondary N) is 1. The van der Waals surface area contributed by atoms with Gasteiger partial charge < -0.3 is 5.32 Å². The summed E-state index contributed by atoms with van der Waals surface area (Å²) in [5.74, 6) is 0.167. The van der Waals surface area contributed by atoms with Crippen LogP contribution in [0.4, 0.5) is 0 Å². The van der Waals surface area contributed by atoms with Gasteiger partial charge in [-0.1, -0.05) is 20.8 Å². The van der Waals surface area contributed by atoms with Gasteiger partial charge in [0.05, 0.1) is 0 Å². The third-order valence-corrected chi connectivity index (χ3v) is 1.55. The summed E-state index contributed by atoms with van der Waals surface area (Å²) in [7, 11) is 0. The van der Waals surface area contributed by atoms with Crippen molar-refractivity contribution in [3.8, 4) is 0 Å². The second kappa shape index (κ2) is 4.48. The number of hydrogen-bond donors (Lipinski definition) is 1. The number of amides is 1. The maximum atomic E-state index is 11.2. The van der Waals surface area contributed by atoms with E-state index in [-0.39, 0.29) is 17.4 Å². The Hall–Kier alpha value is -0.530. The number of rotatable bonds is 3. The zero-order chi connectivity index (χ0) is 9.78. The summed E-state index contributed by atoms with van der Waals surface area (Å²) in [5, 5.41) is 2.88. The molecule has 0 aromatic carbocycles. The van der Waals surface area contributed by atoms with Crippen molar-refractivity contribution in [1.82, 2.24) is 5.32 Å². The molecule has 1 N–H and O–H groups in total. The summed E-state index contributed by atoms with van der Waals surface area (Å²) in [4.78, 5) is 11.2. The van der Waals surface area contributed by atoms with E-state index in [1.165, 1.54) is 0 Å². The van der Waals surface area contributed by atoms with Gasteiger partial charge >= 0.3 is 0 Å². The van der Waals surface area contributed by atoms with E-state index in [1.807, 2.05) is 13.8 Å². The Morgan fingerprint density at radius 3 is 2.17 bits per heavy atom. The molecule has 0 aromatic rings. The minimum atomic E-state index is 0.167. The van der Waals surface area contributed by atoms with Crippen molar-refractivity contribution in [3.05, 3.63) is 0 Å². The maximum absolute atomic E-state index is 11.2. The molecule has 0 saturated heterocycles. The quantitative estimate of drug-likeness (QED) is 0.693. The summed E-state index contributed by atoms with van der Waals surface area (Å²) in [6, 6.07) is 0.262. The van der Waals surface area contributed by atoms with Crippen LogP contribution in [0, 0.1) is 5.41 Å². The van der Waals surface area contributed by atoms with Crippen LogP contribution in [0.2, 0.25) is 0 Å². The van der Waals surface area contributed by atoms with E-state index in [4.69, 9.17) is 0 Å². The highest BCUT2D eigenvalue weighted by molar-refractivity contribution is 5.76. The predicted octanol–water partition coefficient (Wildman–Crippen LogP) is 2.34. The minimum absolute atomic E-state index is 0.167. The molecule has 0 aliphatic heterocycles. The minimum Gasteiger partial charge on any atom is -0.354 e. The smallest absolute Gasteiger partial charge is 0.220 e. The van der Waals surface area contributed by atoms with Gasteiger partial charge in [-0.3, -0.25) is 4.79 Å². The van der Waals surface area contributed by atoms with Gasteiger partial charge in [0.2, 0.25) is 5.91 Å². The molecule has 2 nitrogen and oxygen atoms in total. The van der Waals surface area contributed by atoms with Gasteiger partial charge in [0.25, 0.3) is 0 Å². The van der Waals surface area contributed by atoms with E-state index >= 15 is 0 Å². The Bertz CT molecular complexity index is 144. The molecule has 0 fully saturated rings. The van der Waals surface area contributed by atoms with E-state index in [0.717, 1.165) is 6.42 Å². The summed E-state index contributed by atoms with van der Waals surface area (Å²) in [5.41, 5.74) is 0.258. The third-order valence-electron chi connectivity index (χ3n) is 1.55. The van der Waals surface area contributed by atoms with Crippen molar-refractivity contribution < 1.29 is 4.79 Å². The van der Waals surface area contributed by atoms with Crippen LogP contribution in [-0.4, -0.2) is 11.9 Å². The van der Waals surface area contributed by atoms with Crippen LogP contribution in [0.3, 0.4) is 0 Å². The van der Waals surface area contributed by atoms with Gasteiger partial charge in [-0.25, -0.2) is 0 Å². The molecule has 0 atom stereocenters. The Morgan fingerprint density at radius 1 is 1.33 bits per heavy atom. The van der Waals surface area contributed by atoms with Crippen molar-refractivity contribution in [3.63, 3.8) is 0 Å². The lowest BCUT2D eigenvalue weighted by atomic mass is 9.90. The average Bonchev–Trinajstić information content (AvgIpc) is 1.80. The van der Waals surface area contributed by atoms with Crippen LogP contribution < -0.4 is 5.32 Å². The van der Waals surface area contributed by atoms with Gasteiger partial charge in [-0.15, -0.1) is 0 Å². The molecule has 0 aliphatic rings. The molecule has 0 saturated carbocycles. The summed E-state index contributed by atoms with van der Waals surface area (Å²) in [6.45, 7) is 10.4. The van der Waals surface area contributed by atoms with Crippen molar-refractivity contribution in [2.24, 2.45) is 5.41 Å². The lowest BCUT2D eigenvalue weighted by Crippen LogP contribution is -2.30. The van der Waals surface area contributed by atoms with Gasteiger partial charge in [-0.05, 0) is 25.7 Å². The molecule has 0 heterocycles. The first kappa shape index (κ1) is 11.5. The summed E-state index contributed by atoms with van der Waals surface area (Å²) >= 11 is 0. The molecule has 1 amide bonds. The molecule has 0 radical (unpaired) electrons. The van der Waals surface area contributed by atoms with Crippen LogP contribution in [0.15, 0.2) is 0 Å². The Balaban J connectivity index is 3.58. The Kier molecular flexibility index (Phi) is 4.29. The van der Waals surface area contributed by atoms with Gasteiger partial charge in [-0.2, -0.15) is 0 Å². The Labute approximate surface area is 75.7 Å². The molecule has 0 rings (SSSR count). The second-order valence-electron chi connectivity index (χ2n) is 4.78. The lowest BCUT2D eigenvalue weighted by Gasteiger charge is -2.17. The summed E-state index contributed by atoms with van der Waals surface area (Å²) in [6.07, 6.45) is 1.59. The SMILES string of the molecule is CC(C)NC(=O)CCC(C)(C)C. The fourth-order valence-electron chi connectivity index (χ4n) is 0.883. The van der Waals surface area contributed by atoms with Crippen LogP contribution in [0.1, 0.15) is 47.5 Å². The van der Waals surface area contributed by atoms with Crippen molar-refractivity contribution in [1.29, 1.82) is 0 Å². The van der Waals surface area contributed by atoms with Gasteiger partial charge in [0.15, 0.2) is 0 Å². The highest BCUT2D eigenvalue weighted by Crippen LogP contribution is 2.20. The molecule has 0 aromatic heterocycles. The summed E-state index contributed by atoms with van der Waals surface area (Å²) < 4.78 is 0. The van der Waals surface area contributed by atoms with E-state index in [2.05, 4.69) is 26.1 Å². The van der Waals surface area contributed by atoms with Crippen molar-refractivity contribution in [2.45, 2.75) is 53.5 Å². The molecule has 72 valence electrons. The standard InChI is InChI=1S/C10H21NO/c1-8(2)11-9(12)6-7-10(3,4)5/h8H,6-7H2,1-5H3,(H,11,12). The topological polar surface area (TPSA) is 29.1 Å². The van der Waals surface area contributed by atoms with Crippen LogP contribution in [0.5, 0.6) is 0 Å². The monoisotopic (exact) mass is 171 g/mol. The first-order valence-electron chi connectivity index (χ1n) is 4.60. The normalized spacial score (nSPS) is 11.8. The van der Waals surface area contributed by atoms with E-state index in [9.17, 15) is 4.79 Å². The highest BCUT2D eigenvalue weighted by Gasteiger charge is 2.12. The molecule has 0 aliphatic carbocycles. The zero-order valence-corrected chi connectivity index (χ0v) is 8.90. The highest BCUT2D eigenvalue weighted by atomic mass is 16.1. The van der Waals surface area contributed by atoms with E-state index < -0.39 is 0 Å². The lowest BCUT2D eigenvalue weighted by molar-refractivity contribution is -0.122. The molecule has 0 spiro atoms. The van der Waals surface area contributed by atoms with Gasteiger partial charge in [0, 0.05) is 12.5 Å². The molecule has 12 heavy (non-hydrogen) atoms. The molecule has 2 heteroatoms. The zero-order valence-electron chi connectivity index (χ0n) is 8.90. The third kappa shape index (κ3) is 7.58. The molecular weight excluding hydrogens is 150 g/mol. The fraction of sp³-hybridized carbons (Fsp3) is 0.900. The Morgan fingerprint density at radius 2 is 1.83 bits per heavy atom. The first-order valence-corrected chi connectivity index (χ1v) is 4.60. The molecule has 0 bridgehead atoms. The maximum Gasteiger partial charge on any atom is 0.220 e. The van der Waals surface area contributed by atoms with Gasteiger partial charge in [0.1, 0.15) is 0 Å². The first-order chi connectivity index (χ1) is 5.31. The van der Waals surface area contributed by atoms with E-state index in [0.29, 0.717) is 6.42 Å². The predicted molar refractivity (Wildman–Crippen MR) is 52.0 cm³/mol. The van der Waals surface area contributed by atoms with Crippen molar-refractivity contribution in [2.75, 3.05) is 0 Å². The van der Waals surface area contributed by atoms with Crippen LogP contribution in [-0.2, 0) is 4.79 Å². The van der Waals surface area contributed by atoms with E-state index in [1.54, 1.807) is 0 Å². The fourth-order valence-corrected chi connectivity index (χ4v) is 0.883. The average molecular weight is 171 g/mol. The van der Waals surface area contributed by atoms with Crippen molar-refractivity contribution >= 4 is 5.91 Å². The molecule has 0 unspecified atom stereocenters. The molecular formula is C10H21NO. The van der Waals surface area contributed by atoms with Crippen LogP contribution in [0.25, 0.3) is 0 Å². The largest absolute Gasteiger partial charge is 0.354 e. The number of carbonyl (C=O) groups excluding carboxylic acids is 1. The second-order valence-corrected chi connectivity index (χ2v) is 4.78. The van der Waals surface area contributed by atoms with Crippen LogP contribution >= 0.6 is 0 Å². The number of carbonyl (C=O) groups is 1. The number of hydrogen-bond acceptors (Lipinski definition) is 1.